The number of ether oxygens (including phenoxy) is 3. The molecule has 6 rings (SSSR count). The van der Waals surface area contributed by atoms with E-state index in [0.717, 1.165) is 49.7 Å². The van der Waals surface area contributed by atoms with Crippen molar-refractivity contribution in [1.82, 2.24) is 5.16 Å². The standard InChI is InChI=1S/C30H31NO6/c1-30-13-12-25-24-9-7-23(14-21(24)4-8-26(25)27(30)10-11-28(30)32)37-29(33)35-16-19-2-5-22(6-3-19)34-17-20-15-31-36-18-20/h2-3,5-7,9,14-15,18,25-27H,4,8,10-13,16-17H2,1H3. The molecule has 0 radical (unpaired) electrons. The Morgan fingerprint density at radius 3 is 2.68 bits per heavy atom. The summed E-state index contributed by atoms with van der Waals surface area (Å²) in [5.74, 6) is 3.26. The number of aryl methyl sites for hydroxylation is 1. The lowest BCUT2D eigenvalue weighted by Gasteiger charge is -2.48. The number of nitrogens with zero attached hydrogens (tertiary/aromatic N) is 1. The van der Waals surface area contributed by atoms with Gasteiger partial charge in [-0.3, -0.25) is 4.79 Å². The zero-order valence-corrected chi connectivity index (χ0v) is 21.0. The normalized spacial score (nSPS) is 26.1. The molecule has 0 saturated heterocycles. The maximum absolute atomic E-state index is 12.6. The molecule has 192 valence electrons. The summed E-state index contributed by atoms with van der Waals surface area (Å²) in [4.78, 5) is 24.9. The zero-order chi connectivity index (χ0) is 25.4. The number of carbonyl (C=O) groups excluding carboxylic acids is 2. The van der Waals surface area contributed by atoms with E-state index in [-0.39, 0.29) is 12.0 Å². The van der Waals surface area contributed by atoms with Crippen LogP contribution in [0.2, 0.25) is 0 Å². The molecule has 0 spiro atoms. The molecule has 7 nitrogen and oxygen atoms in total. The van der Waals surface area contributed by atoms with Crippen LogP contribution in [0.4, 0.5) is 4.79 Å². The van der Waals surface area contributed by atoms with Crippen molar-refractivity contribution in [1.29, 1.82) is 0 Å². The van der Waals surface area contributed by atoms with Gasteiger partial charge in [-0.15, -0.1) is 0 Å². The van der Waals surface area contributed by atoms with Crippen molar-refractivity contribution < 1.29 is 28.3 Å². The van der Waals surface area contributed by atoms with Crippen molar-refractivity contribution in [2.24, 2.45) is 17.3 Å². The van der Waals surface area contributed by atoms with Gasteiger partial charge >= 0.3 is 6.16 Å². The van der Waals surface area contributed by atoms with Crippen molar-refractivity contribution in [2.45, 2.75) is 64.6 Å². The number of rotatable bonds is 6. The number of carbonyl (C=O) groups is 2. The van der Waals surface area contributed by atoms with E-state index >= 15 is 0 Å². The Hall–Kier alpha value is -3.61. The molecule has 0 bridgehead atoms. The van der Waals surface area contributed by atoms with Crippen LogP contribution in [0.25, 0.3) is 0 Å². The van der Waals surface area contributed by atoms with Crippen molar-refractivity contribution in [3.8, 4) is 11.5 Å². The van der Waals surface area contributed by atoms with Gasteiger partial charge in [0.25, 0.3) is 0 Å². The Morgan fingerprint density at radius 2 is 1.86 bits per heavy atom. The molecule has 4 unspecified atom stereocenters. The molecule has 4 atom stereocenters. The monoisotopic (exact) mass is 501 g/mol. The first-order valence-corrected chi connectivity index (χ1v) is 13.1. The molecule has 7 heteroatoms. The van der Waals surface area contributed by atoms with E-state index in [0.29, 0.717) is 41.6 Å². The quantitative estimate of drug-likeness (QED) is 0.285. The summed E-state index contributed by atoms with van der Waals surface area (Å²) in [6.07, 6.45) is 8.30. The van der Waals surface area contributed by atoms with Crippen LogP contribution in [-0.2, 0) is 29.2 Å². The molecular formula is C30H31NO6. The van der Waals surface area contributed by atoms with Gasteiger partial charge in [0.05, 0.1) is 6.20 Å². The summed E-state index contributed by atoms with van der Waals surface area (Å²) in [5.41, 5.74) is 4.19. The first-order chi connectivity index (χ1) is 18.0. The third-order valence-electron chi connectivity index (χ3n) is 8.78. The van der Waals surface area contributed by atoms with Crippen LogP contribution in [0.3, 0.4) is 0 Å². The Balaban J connectivity index is 1.03. The first-order valence-electron chi connectivity index (χ1n) is 13.1. The topological polar surface area (TPSA) is 87.9 Å². The van der Waals surface area contributed by atoms with Gasteiger partial charge in [0.2, 0.25) is 0 Å². The van der Waals surface area contributed by atoms with Crippen molar-refractivity contribution in [3.63, 3.8) is 0 Å². The summed E-state index contributed by atoms with van der Waals surface area (Å²) in [6.45, 7) is 2.68. The minimum atomic E-state index is -0.723. The second-order valence-electron chi connectivity index (χ2n) is 10.8. The minimum Gasteiger partial charge on any atom is -0.489 e. The van der Waals surface area contributed by atoms with Crippen LogP contribution in [0.1, 0.15) is 67.2 Å². The number of hydrogen-bond donors (Lipinski definition) is 0. The third-order valence-corrected chi connectivity index (χ3v) is 8.78. The van der Waals surface area contributed by atoms with E-state index < -0.39 is 6.16 Å². The molecule has 0 aliphatic heterocycles. The Kier molecular flexibility index (Phi) is 6.22. The molecule has 2 aromatic carbocycles. The molecule has 3 aliphatic rings. The molecule has 37 heavy (non-hydrogen) atoms. The van der Waals surface area contributed by atoms with Crippen LogP contribution >= 0.6 is 0 Å². The highest BCUT2D eigenvalue weighted by atomic mass is 16.7. The number of aromatic nitrogens is 1. The molecule has 0 amide bonds. The van der Waals surface area contributed by atoms with E-state index in [1.54, 1.807) is 6.20 Å². The maximum Gasteiger partial charge on any atom is 0.514 e. The van der Waals surface area contributed by atoms with E-state index in [1.165, 1.54) is 17.4 Å². The summed E-state index contributed by atoms with van der Waals surface area (Å²) in [5, 5.41) is 3.65. The van der Waals surface area contributed by atoms with Gasteiger partial charge in [-0.1, -0.05) is 30.3 Å². The van der Waals surface area contributed by atoms with Crippen LogP contribution in [0.15, 0.2) is 59.4 Å². The molecule has 2 fully saturated rings. The van der Waals surface area contributed by atoms with Gasteiger partial charge in [-0.2, -0.15) is 0 Å². The SMILES string of the molecule is CC12CCC3c4ccc(OC(=O)OCc5ccc(OCc6cnoc6)cc5)cc4CCC3C1CCC2=O. The Labute approximate surface area is 216 Å². The van der Waals surface area contributed by atoms with Crippen LogP contribution in [-0.4, -0.2) is 17.1 Å². The highest BCUT2D eigenvalue weighted by Crippen LogP contribution is 2.59. The Morgan fingerprint density at radius 1 is 1.03 bits per heavy atom. The summed E-state index contributed by atoms with van der Waals surface area (Å²) < 4.78 is 21.3. The number of Topliss-reactive ketones (excluding diaryl/α,β-unsaturated/α-hetero) is 1. The molecule has 3 aliphatic carbocycles. The predicted molar refractivity (Wildman–Crippen MR) is 134 cm³/mol. The minimum absolute atomic E-state index is 0.109. The summed E-state index contributed by atoms with van der Waals surface area (Å²) >= 11 is 0. The third kappa shape index (κ3) is 4.63. The predicted octanol–water partition coefficient (Wildman–Crippen LogP) is 6.39. The van der Waals surface area contributed by atoms with Gasteiger partial charge in [0.1, 0.15) is 36.8 Å². The second kappa shape index (κ2) is 9.69. The fourth-order valence-electron chi connectivity index (χ4n) is 6.81. The molecule has 1 aromatic heterocycles. The summed E-state index contributed by atoms with van der Waals surface area (Å²) in [7, 11) is 0. The maximum atomic E-state index is 12.6. The lowest BCUT2D eigenvalue weighted by atomic mass is 9.55. The van der Waals surface area contributed by atoms with Gasteiger partial charge in [0.15, 0.2) is 0 Å². The Bertz CT molecular complexity index is 1280. The van der Waals surface area contributed by atoms with Crippen LogP contribution < -0.4 is 9.47 Å². The molecule has 1 heterocycles. The lowest BCUT2D eigenvalue weighted by Crippen LogP contribution is -2.42. The van der Waals surface area contributed by atoms with Gasteiger partial charge in [-0.25, -0.2) is 4.79 Å². The zero-order valence-electron chi connectivity index (χ0n) is 21.0. The number of fused-ring (bicyclic) bond motifs is 5. The van der Waals surface area contributed by atoms with Crippen molar-refractivity contribution in [2.75, 3.05) is 0 Å². The fraction of sp³-hybridized carbons (Fsp3) is 0.433. The van der Waals surface area contributed by atoms with Gasteiger partial charge < -0.3 is 18.7 Å². The second-order valence-corrected chi connectivity index (χ2v) is 10.8. The van der Waals surface area contributed by atoms with Gasteiger partial charge in [-0.05, 0) is 90.8 Å². The fourth-order valence-corrected chi connectivity index (χ4v) is 6.81. The smallest absolute Gasteiger partial charge is 0.489 e. The van der Waals surface area contributed by atoms with Crippen molar-refractivity contribution >= 4 is 11.9 Å². The van der Waals surface area contributed by atoms with E-state index in [1.807, 2.05) is 36.4 Å². The van der Waals surface area contributed by atoms with Crippen molar-refractivity contribution in [3.05, 3.63) is 77.2 Å². The van der Waals surface area contributed by atoms with E-state index in [4.69, 9.17) is 18.7 Å². The highest BCUT2D eigenvalue weighted by molar-refractivity contribution is 5.87. The molecule has 3 aromatic rings. The largest absolute Gasteiger partial charge is 0.514 e. The average molecular weight is 502 g/mol. The molecular weight excluding hydrogens is 470 g/mol. The van der Waals surface area contributed by atoms with Crippen LogP contribution in [0.5, 0.6) is 11.5 Å². The van der Waals surface area contributed by atoms with Gasteiger partial charge in [0, 0.05) is 17.4 Å². The number of hydrogen-bond acceptors (Lipinski definition) is 7. The molecule has 2 saturated carbocycles. The average Bonchev–Trinajstić information content (AvgIpc) is 3.54. The first kappa shape index (κ1) is 23.8. The number of ketones is 1. The van der Waals surface area contributed by atoms with Crippen LogP contribution in [0, 0.1) is 17.3 Å². The lowest BCUT2D eigenvalue weighted by molar-refractivity contribution is -0.129. The highest BCUT2D eigenvalue weighted by Gasteiger charge is 2.54. The number of benzene rings is 2. The summed E-state index contributed by atoms with van der Waals surface area (Å²) in [6, 6.07) is 13.3. The molecule has 0 N–H and O–H groups in total. The van der Waals surface area contributed by atoms with E-state index in [2.05, 4.69) is 18.1 Å². The van der Waals surface area contributed by atoms with E-state index in [9.17, 15) is 9.59 Å².